The summed E-state index contributed by atoms with van der Waals surface area (Å²) in [5, 5.41) is 8.57. The van der Waals surface area contributed by atoms with Crippen LogP contribution in [-0.2, 0) is 9.30 Å². The first-order valence-electron chi connectivity index (χ1n) is 14.9. The van der Waals surface area contributed by atoms with Gasteiger partial charge < -0.3 is 39.3 Å². The first-order valence-corrected chi connectivity index (χ1v) is 17.9. The number of aromatic amines is 1. The van der Waals surface area contributed by atoms with Crippen LogP contribution < -0.4 is 30.3 Å². The number of morpholine rings is 1. The van der Waals surface area contributed by atoms with Gasteiger partial charge in [-0.2, -0.15) is 9.97 Å². The Morgan fingerprint density at radius 1 is 1.07 bits per heavy atom. The maximum Gasteiger partial charge on any atom is 0.231 e. The minimum atomic E-state index is -2.56. The SMILES string of the molecule is COc1cc2c(cc1Nc1nc(Nc3ccccc3P(C)(C)=O)c3c(Cl)c[nH]c3n1)OC[C@H]1C[C@H](N3CCOCC3)CCN21. The summed E-state index contributed by atoms with van der Waals surface area (Å²) >= 11 is 6.55. The van der Waals surface area contributed by atoms with E-state index in [1.165, 1.54) is 0 Å². The fraction of sp³-hybridized carbons (Fsp3) is 0.419. The van der Waals surface area contributed by atoms with Gasteiger partial charge >= 0.3 is 0 Å². The Morgan fingerprint density at radius 2 is 1.89 bits per heavy atom. The molecule has 0 radical (unpaired) electrons. The number of piperidine rings is 1. The standard InChI is InChI=1S/C31H37ClN7O4P/c1-41-25-16-24-26(43-18-20-14-19(8-9-39(20)24)38-10-12-42-13-11-38)15-23(25)35-31-36-29-28(21(32)17-33-29)30(37-31)34-22-6-4-5-7-27(22)44(2,3)40/h4-7,15-17,19-20H,8-14,18H2,1-3H3,(H3,33,34,35,36,37)/t19-,20-/m1/s1. The number of methoxy groups -OCH3 is 1. The number of H-pyrrole nitrogens is 1. The summed E-state index contributed by atoms with van der Waals surface area (Å²) in [6, 6.07) is 12.4. The molecule has 4 aromatic rings. The van der Waals surface area contributed by atoms with Gasteiger partial charge in [-0.05, 0) is 38.3 Å². The average Bonchev–Trinajstić information content (AvgIpc) is 3.41. The number of anilines is 5. The van der Waals surface area contributed by atoms with Crippen molar-refractivity contribution >= 4 is 63.9 Å². The fourth-order valence-corrected chi connectivity index (χ4v) is 7.95. The highest BCUT2D eigenvalue weighted by Crippen LogP contribution is 2.45. The van der Waals surface area contributed by atoms with Crippen LogP contribution >= 0.6 is 18.7 Å². The highest BCUT2D eigenvalue weighted by molar-refractivity contribution is 7.70. The van der Waals surface area contributed by atoms with Crippen LogP contribution in [0.15, 0.2) is 42.6 Å². The molecule has 13 heteroatoms. The van der Waals surface area contributed by atoms with Gasteiger partial charge in [0.2, 0.25) is 5.95 Å². The lowest BCUT2D eigenvalue weighted by atomic mass is 9.94. The molecule has 44 heavy (non-hydrogen) atoms. The number of benzene rings is 2. The first kappa shape index (κ1) is 29.2. The molecule has 0 bridgehead atoms. The van der Waals surface area contributed by atoms with Crippen molar-refractivity contribution in [2.24, 2.45) is 0 Å². The monoisotopic (exact) mass is 637 g/mol. The molecule has 2 aromatic carbocycles. The minimum absolute atomic E-state index is 0.314. The summed E-state index contributed by atoms with van der Waals surface area (Å²) in [7, 11) is -0.907. The van der Waals surface area contributed by atoms with Gasteiger partial charge in [-0.3, -0.25) is 4.90 Å². The van der Waals surface area contributed by atoms with Crippen LogP contribution in [0.5, 0.6) is 11.5 Å². The third-order valence-electron chi connectivity index (χ3n) is 8.74. The Hall–Kier alpha value is -3.50. The second-order valence-corrected chi connectivity index (χ2v) is 15.5. The van der Waals surface area contributed by atoms with Crippen molar-refractivity contribution in [3.63, 3.8) is 0 Å². The Balaban J connectivity index is 1.17. The maximum atomic E-state index is 13.0. The van der Waals surface area contributed by atoms with E-state index in [2.05, 4.69) is 25.4 Å². The summed E-state index contributed by atoms with van der Waals surface area (Å²) in [6.45, 7) is 8.73. The smallest absolute Gasteiger partial charge is 0.231 e. The quantitative estimate of drug-likeness (QED) is 0.227. The van der Waals surface area contributed by atoms with E-state index >= 15 is 0 Å². The Morgan fingerprint density at radius 3 is 2.68 bits per heavy atom. The van der Waals surface area contributed by atoms with Crippen LogP contribution in [-0.4, -0.2) is 91.8 Å². The lowest BCUT2D eigenvalue weighted by Crippen LogP contribution is -2.55. The van der Waals surface area contributed by atoms with Crippen molar-refractivity contribution in [3.05, 3.63) is 47.6 Å². The molecular formula is C31H37ClN7O4P. The van der Waals surface area contributed by atoms with Gasteiger partial charge in [0.05, 0.1) is 53.8 Å². The second-order valence-electron chi connectivity index (χ2n) is 11.9. The van der Waals surface area contributed by atoms with Crippen LogP contribution in [0.4, 0.5) is 28.8 Å². The lowest BCUT2D eigenvalue weighted by molar-refractivity contribution is 0.00628. The number of fused-ring (bicyclic) bond motifs is 4. The molecule has 0 aliphatic carbocycles. The van der Waals surface area contributed by atoms with Crippen molar-refractivity contribution in [1.82, 2.24) is 19.9 Å². The number of nitrogens with one attached hydrogen (secondary N) is 3. The fourth-order valence-electron chi connectivity index (χ4n) is 6.56. The topological polar surface area (TPSA) is 117 Å². The van der Waals surface area contributed by atoms with Crippen molar-refractivity contribution in [3.8, 4) is 11.5 Å². The van der Waals surface area contributed by atoms with Gasteiger partial charge in [-0.1, -0.05) is 23.7 Å². The summed E-state index contributed by atoms with van der Waals surface area (Å²) in [4.78, 5) is 17.7. The molecule has 0 saturated carbocycles. The number of nitrogens with zero attached hydrogens (tertiary/aromatic N) is 4. The zero-order valence-electron chi connectivity index (χ0n) is 25.1. The molecule has 2 aromatic heterocycles. The van der Waals surface area contributed by atoms with Crippen LogP contribution in [0.25, 0.3) is 11.0 Å². The molecule has 3 aliphatic heterocycles. The van der Waals surface area contributed by atoms with E-state index in [1.807, 2.05) is 36.4 Å². The molecule has 3 aliphatic rings. The predicted molar refractivity (Wildman–Crippen MR) is 176 cm³/mol. The molecular weight excluding hydrogens is 601 g/mol. The lowest BCUT2D eigenvalue weighted by Gasteiger charge is -2.47. The highest BCUT2D eigenvalue weighted by atomic mass is 35.5. The molecule has 0 unspecified atom stereocenters. The number of ether oxygens (including phenoxy) is 3. The highest BCUT2D eigenvalue weighted by Gasteiger charge is 2.37. The third kappa shape index (κ3) is 5.58. The zero-order chi connectivity index (χ0) is 30.4. The average molecular weight is 638 g/mol. The Bertz CT molecular complexity index is 1740. The van der Waals surface area contributed by atoms with E-state index in [9.17, 15) is 4.57 Å². The molecule has 2 fully saturated rings. The molecule has 2 saturated heterocycles. The number of hydrogen-bond donors (Lipinski definition) is 3. The van der Waals surface area contributed by atoms with E-state index in [0.29, 0.717) is 63.6 Å². The predicted octanol–water partition coefficient (Wildman–Crippen LogP) is 5.42. The van der Waals surface area contributed by atoms with Gasteiger partial charge in [0.25, 0.3) is 0 Å². The Labute approximate surface area is 261 Å². The van der Waals surface area contributed by atoms with Crippen LogP contribution in [0.3, 0.4) is 0 Å². The van der Waals surface area contributed by atoms with E-state index in [-0.39, 0.29) is 0 Å². The van der Waals surface area contributed by atoms with E-state index < -0.39 is 7.14 Å². The summed E-state index contributed by atoms with van der Waals surface area (Å²) in [6.07, 6.45) is 3.85. The number of hydrogen-bond acceptors (Lipinski definition) is 10. The minimum Gasteiger partial charge on any atom is -0.494 e. The van der Waals surface area contributed by atoms with Crippen molar-refractivity contribution in [2.75, 3.05) is 75.4 Å². The van der Waals surface area contributed by atoms with E-state index in [0.717, 1.165) is 62.4 Å². The summed E-state index contributed by atoms with van der Waals surface area (Å²) < 4.78 is 30.8. The van der Waals surface area contributed by atoms with Gasteiger partial charge in [-0.25, -0.2) is 0 Å². The van der Waals surface area contributed by atoms with Crippen LogP contribution in [0.1, 0.15) is 12.8 Å². The summed E-state index contributed by atoms with van der Waals surface area (Å²) in [5.41, 5.74) is 2.99. The molecule has 5 heterocycles. The van der Waals surface area contributed by atoms with E-state index in [4.69, 9.17) is 35.8 Å². The largest absolute Gasteiger partial charge is 0.494 e. The maximum absolute atomic E-state index is 13.0. The van der Waals surface area contributed by atoms with E-state index in [1.54, 1.807) is 26.6 Å². The van der Waals surface area contributed by atoms with Gasteiger partial charge in [0.1, 0.15) is 36.7 Å². The number of rotatable bonds is 7. The summed E-state index contributed by atoms with van der Waals surface area (Å²) in [5.74, 6) is 2.29. The molecule has 7 rings (SSSR count). The number of halogens is 1. The number of para-hydroxylation sites is 1. The Kier molecular flexibility index (Phi) is 7.82. The molecule has 0 amide bonds. The van der Waals surface area contributed by atoms with Crippen molar-refractivity contribution in [1.29, 1.82) is 0 Å². The molecule has 0 spiro atoms. The van der Waals surface area contributed by atoms with Gasteiger partial charge in [-0.15, -0.1) is 0 Å². The zero-order valence-corrected chi connectivity index (χ0v) is 26.8. The van der Waals surface area contributed by atoms with Crippen molar-refractivity contribution < 1.29 is 18.8 Å². The molecule has 3 N–H and O–H groups in total. The van der Waals surface area contributed by atoms with Gasteiger partial charge in [0.15, 0.2) is 0 Å². The molecule has 11 nitrogen and oxygen atoms in total. The van der Waals surface area contributed by atoms with Gasteiger partial charge in [0, 0.05) is 49.3 Å². The van der Waals surface area contributed by atoms with Crippen molar-refractivity contribution in [2.45, 2.75) is 24.9 Å². The van der Waals surface area contributed by atoms with Crippen LogP contribution in [0, 0.1) is 0 Å². The second kappa shape index (κ2) is 11.8. The van der Waals surface area contributed by atoms with Crippen LogP contribution in [0.2, 0.25) is 5.02 Å². The molecule has 2 atom stereocenters. The normalized spacial score (nSPS) is 20.5. The number of aromatic nitrogens is 3. The third-order valence-corrected chi connectivity index (χ3v) is 10.6. The molecule has 232 valence electrons. The first-order chi connectivity index (χ1) is 21.3.